The normalized spacial score (nSPS) is 13.3. The molecular weight excluding hydrogens is 244 g/mol. The van der Waals surface area contributed by atoms with E-state index in [9.17, 15) is 9.90 Å². The van der Waals surface area contributed by atoms with Crippen LogP contribution in [0.1, 0.15) is 47.0 Å². The minimum absolute atomic E-state index is 0.0219. The van der Waals surface area contributed by atoms with Crippen LogP contribution in [0, 0.1) is 0 Å². The van der Waals surface area contributed by atoms with E-state index in [0.29, 0.717) is 32.7 Å². The van der Waals surface area contributed by atoms with Gasteiger partial charge in [0, 0.05) is 31.7 Å². The Morgan fingerprint density at radius 2 is 2.05 bits per heavy atom. The van der Waals surface area contributed by atoms with E-state index in [-0.39, 0.29) is 11.4 Å². The molecule has 19 heavy (non-hydrogen) atoms. The highest BCUT2D eigenvalue weighted by Crippen LogP contribution is 1.98. The Morgan fingerprint density at radius 1 is 1.37 bits per heavy atom. The third-order valence-electron chi connectivity index (χ3n) is 2.38. The molecule has 5 nitrogen and oxygen atoms in total. The number of hydrogen-bond donors (Lipinski definition) is 3. The van der Waals surface area contributed by atoms with Crippen molar-refractivity contribution in [2.24, 2.45) is 0 Å². The molecule has 0 rings (SSSR count). The number of aliphatic hydroxyl groups excluding tert-OH is 1. The second-order valence-corrected chi connectivity index (χ2v) is 5.83. The number of aliphatic hydroxyl groups is 1. The lowest BCUT2D eigenvalue weighted by Gasteiger charge is -2.20. The fourth-order valence-corrected chi connectivity index (χ4v) is 1.48. The summed E-state index contributed by atoms with van der Waals surface area (Å²) >= 11 is 0. The summed E-state index contributed by atoms with van der Waals surface area (Å²) < 4.78 is 5.31. The first-order valence-corrected chi connectivity index (χ1v) is 7.12. The number of carbonyl (C=O) groups excluding carboxylic acids is 1. The van der Waals surface area contributed by atoms with Crippen LogP contribution < -0.4 is 10.6 Å². The molecule has 1 atom stereocenters. The molecule has 5 heteroatoms. The Bertz CT molecular complexity index is 239. The van der Waals surface area contributed by atoms with Gasteiger partial charge in [-0.1, -0.05) is 13.3 Å². The number of carbonyl (C=O) groups is 1. The summed E-state index contributed by atoms with van der Waals surface area (Å²) in [5.41, 5.74) is -0.191. The first-order chi connectivity index (χ1) is 8.85. The summed E-state index contributed by atoms with van der Waals surface area (Å²) in [4.78, 5) is 11.5. The molecule has 1 amide bonds. The van der Waals surface area contributed by atoms with E-state index in [2.05, 4.69) is 17.6 Å². The first kappa shape index (κ1) is 18.4. The minimum Gasteiger partial charge on any atom is -0.389 e. The third kappa shape index (κ3) is 13.6. The molecule has 0 aliphatic rings. The standard InChI is InChI=1S/C14H30N2O3/c1-5-6-9-19-11-12(17)10-15-8-7-13(18)16-14(2,3)4/h12,15,17H,5-11H2,1-4H3,(H,16,18). The molecule has 0 saturated carbocycles. The van der Waals surface area contributed by atoms with E-state index in [1.165, 1.54) is 0 Å². The zero-order chi connectivity index (χ0) is 14.7. The van der Waals surface area contributed by atoms with Gasteiger partial charge in [-0.25, -0.2) is 0 Å². The molecular formula is C14H30N2O3. The summed E-state index contributed by atoms with van der Waals surface area (Å²) in [6.45, 7) is 10.0. The average molecular weight is 274 g/mol. The summed E-state index contributed by atoms with van der Waals surface area (Å²) in [6.07, 6.45) is 2.02. The molecule has 0 bridgehead atoms. The van der Waals surface area contributed by atoms with Crippen molar-refractivity contribution in [3.05, 3.63) is 0 Å². The van der Waals surface area contributed by atoms with E-state index in [0.717, 1.165) is 12.8 Å². The maximum absolute atomic E-state index is 11.5. The van der Waals surface area contributed by atoms with Crippen LogP contribution in [-0.4, -0.2) is 49.0 Å². The van der Waals surface area contributed by atoms with Crippen molar-refractivity contribution in [3.8, 4) is 0 Å². The van der Waals surface area contributed by atoms with Gasteiger partial charge in [0.1, 0.15) is 0 Å². The summed E-state index contributed by atoms with van der Waals surface area (Å²) in [7, 11) is 0. The average Bonchev–Trinajstić information content (AvgIpc) is 2.28. The number of hydrogen-bond acceptors (Lipinski definition) is 4. The smallest absolute Gasteiger partial charge is 0.221 e. The Labute approximate surface area is 117 Å². The van der Waals surface area contributed by atoms with E-state index >= 15 is 0 Å². The van der Waals surface area contributed by atoms with Crippen molar-refractivity contribution in [2.45, 2.75) is 58.6 Å². The molecule has 0 saturated heterocycles. The number of nitrogens with one attached hydrogen (secondary N) is 2. The molecule has 114 valence electrons. The van der Waals surface area contributed by atoms with Crippen LogP contribution in [0.25, 0.3) is 0 Å². The van der Waals surface area contributed by atoms with Crippen molar-refractivity contribution < 1.29 is 14.6 Å². The number of ether oxygens (including phenoxy) is 1. The lowest BCUT2D eigenvalue weighted by molar-refractivity contribution is -0.122. The maximum atomic E-state index is 11.5. The molecule has 0 heterocycles. The van der Waals surface area contributed by atoms with Crippen LogP contribution in [0.3, 0.4) is 0 Å². The van der Waals surface area contributed by atoms with E-state index < -0.39 is 6.10 Å². The third-order valence-corrected chi connectivity index (χ3v) is 2.38. The van der Waals surface area contributed by atoms with Gasteiger partial charge in [0.05, 0.1) is 12.7 Å². The number of unbranched alkanes of at least 4 members (excludes halogenated alkanes) is 1. The Balaban J connectivity index is 3.45. The highest BCUT2D eigenvalue weighted by molar-refractivity contribution is 5.76. The molecule has 0 aromatic heterocycles. The zero-order valence-corrected chi connectivity index (χ0v) is 12.8. The largest absolute Gasteiger partial charge is 0.389 e. The van der Waals surface area contributed by atoms with Gasteiger partial charge in [0.15, 0.2) is 0 Å². The molecule has 0 aromatic carbocycles. The van der Waals surface area contributed by atoms with Gasteiger partial charge >= 0.3 is 0 Å². The zero-order valence-electron chi connectivity index (χ0n) is 12.8. The van der Waals surface area contributed by atoms with Crippen LogP contribution in [0.2, 0.25) is 0 Å². The van der Waals surface area contributed by atoms with Crippen molar-refractivity contribution in [1.29, 1.82) is 0 Å². The molecule has 1 unspecified atom stereocenters. The predicted octanol–water partition coefficient (Wildman–Crippen LogP) is 1.06. The topological polar surface area (TPSA) is 70.6 Å². The van der Waals surface area contributed by atoms with Gasteiger partial charge in [-0.05, 0) is 27.2 Å². The highest BCUT2D eigenvalue weighted by atomic mass is 16.5. The first-order valence-electron chi connectivity index (χ1n) is 7.12. The van der Waals surface area contributed by atoms with E-state index in [1.807, 2.05) is 20.8 Å². The van der Waals surface area contributed by atoms with Crippen molar-refractivity contribution in [1.82, 2.24) is 10.6 Å². The summed E-state index contributed by atoms with van der Waals surface area (Å²) in [6, 6.07) is 0. The number of amides is 1. The van der Waals surface area contributed by atoms with Crippen molar-refractivity contribution in [2.75, 3.05) is 26.3 Å². The second kappa shape index (κ2) is 10.2. The van der Waals surface area contributed by atoms with Gasteiger partial charge in [-0.15, -0.1) is 0 Å². The van der Waals surface area contributed by atoms with Crippen LogP contribution in [0.4, 0.5) is 0 Å². The SMILES string of the molecule is CCCCOCC(O)CNCCC(=O)NC(C)(C)C. The van der Waals surface area contributed by atoms with Crippen LogP contribution in [0.5, 0.6) is 0 Å². The Hall–Kier alpha value is -0.650. The highest BCUT2D eigenvalue weighted by Gasteiger charge is 2.13. The Morgan fingerprint density at radius 3 is 2.63 bits per heavy atom. The maximum Gasteiger partial charge on any atom is 0.221 e. The van der Waals surface area contributed by atoms with Crippen LogP contribution in [0.15, 0.2) is 0 Å². The molecule has 0 aliphatic carbocycles. The van der Waals surface area contributed by atoms with Gasteiger partial charge in [-0.3, -0.25) is 4.79 Å². The predicted molar refractivity (Wildman–Crippen MR) is 77.1 cm³/mol. The molecule has 0 fully saturated rings. The van der Waals surface area contributed by atoms with Crippen LogP contribution in [-0.2, 0) is 9.53 Å². The lowest BCUT2D eigenvalue weighted by atomic mass is 10.1. The minimum atomic E-state index is -0.512. The molecule has 0 aliphatic heterocycles. The van der Waals surface area contributed by atoms with Crippen LogP contribution >= 0.6 is 0 Å². The second-order valence-electron chi connectivity index (χ2n) is 5.83. The molecule has 0 spiro atoms. The summed E-state index contributed by atoms with van der Waals surface area (Å²) in [5, 5.41) is 15.6. The molecule has 3 N–H and O–H groups in total. The van der Waals surface area contributed by atoms with Gasteiger partial charge in [0.25, 0.3) is 0 Å². The Kier molecular flexibility index (Phi) is 9.83. The van der Waals surface area contributed by atoms with Crippen molar-refractivity contribution >= 4 is 5.91 Å². The fraction of sp³-hybridized carbons (Fsp3) is 0.929. The fourth-order valence-electron chi connectivity index (χ4n) is 1.48. The molecule has 0 radical (unpaired) electrons. The van der Waals surface area contributed by atoms with Gasteiger partial charge < -0.3 is 20.5 Å². The monoisotopic (exact) mass is 274 g/mol. The quantitative estimate of drug-likeness (QED) is 0.521. The molecule has 0 aromatic rings. The number of rotatable bonds is 10. The lowest BCUT2D eigenvalue weighted by Crippen LogP contribution is -2.42. The summed E-state index contributed by atoms with van der Waals surface area (Å²) in [5.74, 6) is 0.0219. The van der Waals surface area contributed by atoms with E-state index in [4.69, 9.17) is 4.74 Å². The van der Waals surface area contributed by atoms with Gasteiger partial charge in [0.2, 0.25) is 5.91 Å². The van der Waals surface area contributed by atoms with Gasteiger partial charge in [-0.2, -0.15) is 0 Å². The van der Waals surface area contributed by atoms with Crippen molar-refractivity contribution in [3.63, 3.8) is 0 Å². The van der Waals surface area contributed by atoms with E-state index in [1.54, 1.807) is 0 Å².